The molecule has 27 heavy (non-hydrogen) atoms. The van der Waals surface area contributed by atoms with Crippen LogP contribution in [0, 0.1) is 5.82 Å². The quantitative estimate of drug-likeness (QED) is 0.583. The topological polar surface area (TPSA) is 21.1 Å². The highest BCUT2D eigenvalue weighted by atomic mass is 19.4. The minimum atomic E-state index is -4.59. The van der Waals surface area contributed by atoms with Crippen LogP contribution in [0.25, 0.3) is 11.0 Å². The first-order valence-electron chi connectivity index (χ1n) is 8.99. The Hall–Kier alpha value is -2.57. The zero-order chi connectivity index (χ0) is 19.0. The van der Waals surface area contributed by atoms with E-state index in [2.05, 4.69) is 9.88 Å². The van der Waals surface area contributed by atoms with Gasteiger partial charge in [-0.05, 0) is 49.1 Å². The first kappa shape index (κ1) is 17.8. The third kappa shape index (κ3) is 3.50. The maximum atomic E-state index is 13.7. The molecule has 0 radical (unpaired) electrons. The highest BCUT2D eigenvalue weighted by molar-refractivity contribution is 5.89. The predicted octanol–water partition coefficient (Wildman–Crippen LogP) is 5.23. The highest BCUT2D eigenvalue weighted by Gasteiger charge is 2.38. The van der Waals surface area contributed by atoms with Crippen molar-refractivity contribution in [3.05, 3.63) is 59.7 Å². The Balaban J connectivity index is 1.85. The van der Waals surface area contributed by atoms with E-state index in [1.807, 2.05) is 6.07 Å². The molecule has 3 aromatic rings. The first-order chi connectivity index (χ1) is 12.9. The van der Waals surface area contributed by atoms with Crippen molar-refractivity contribution in [2.24, 2.45) is 0 Å². The van der Waals surface area contributed by atoms with E-state index in [9.17, 15) is 17.6 Å². The maximum absolute atomic E-state index is 13.7. The van der Waals surface area contributed by atoms with Crippen LogP contribution in [0.5, 0.6) is 0 Å². The van der Waals surface area contributed by atoms with Crippen LogP contribution in [-0.2, 0) is 12.7 Å². The fourth-order valence-electron chi connectivity index (χ4n) is 3.72. The van der Waals surface area contributed by atoms with Crippen LogP contribution in [0.1, 0.15) is 30.7 Å². The summed E-state index contributed by atoms with van der Waals surface area (Å²) in [5, 5.41) is 0. The van der Waals surface area contributed by atoms with E-state index in [0.29, 0.717) is 16.6 Å². The van der Waals surface area contributed by atoms with E-state index < -0.39 is 17.8 Å². The summed E-state index contributed by atoms with van der Waals surface area (Å²) in [6.07, 6.45) is -1.42. The number of anilines is 1. The molecular weight excluding hydrogens is 358 g/mol. The zero-order valence-corrected chi connectivity index (χ0v) is 14.6. The number of benzene rings is 2. The molecule has 1 fully saturated rings. The van der Waals surface area contributed by atoms with E-state index in [4.69, 9.17) is 0 Å². The largest absolute Gasteiger partial charge is 0.449 e. The van der Waals surface area contributed by atoms with Crippen molar-refractivity contribution in [1.29, 1.82) is 0 Å². The van der Waals surface area contributed by atoms with E-state index in [-0.39, 0.29) is 6.54 Å². The Kier molecular flexibility index (Phi) is 4.53. The van der Waals surface area contributed by atoms with Gasteiger partial charge < -0.3 is 9.47 Å². The van der Waals surface area contributed by atoms with Crippen molar-refractivity contribution >= 4 is 16.7 Å². The van der Waals surface area contributed by atoms with Crippen LogP contribution in [0.3, 0.4) is 0 Å². The van der Waals surface area contributed by atoms with Gasteiger partial charge >= 0.3 is 6.18 Å². The fraction of sp³-hybridized carbons (Fsp3) is 0.350. The first-order valence-corrected chi connectivity index (χ1v) is 8.99. The Bertz CT molecular complexity index is 956. The normalized spacial score (nSPS) is 15.5. The number of nitrogens with zero attached hydrogens (tertiary/aromatic N) is 3. The number of para-hydroxylation sites is 1. The smallest absolute Gasteiger partial charge is 0.370 e. The standard InChI is InChI=1S/C20H19F4N3/c21-15-7-4-6-14(12-15)13-27-17-9-5-8-16(26-10-2-1-3-11-26)18(17)25-19(27)20(22,23)24/h4-9,12H,1-3,10-11,13H2. The Morgan fingerprint density at radius 2 is 1.70 bits per heavy atom. The molecule has 0 atom stereocenters. The van der Waals surface area contributed by atoms with Gasteiger partial charge in [0.25, 0.3) is 0 Å². The van der Waals surface area contributed by atoms with Gasteiger partial charge in [0, 0.05) is 19.6 Å². The number of fused-ring (bicyclic) bond motifs is 1. The summed E-state index contributed by atoms with van der Waals surface area (Å²) in [5.41, 5.74) is 1.96. The van der Waals surface area contributed by atoms with Crippen molar-refractivity contribution in [2.75, 3.05) is 18.0 Å². The summed E-state index contributed by atoms with van der Waals surface area (Å²) in [6, 6.07) is 10.9. The van der Waals surface area contributed by atoms with Gasteiger partial charge in [-0.3, -0.25) is 0 Å². The van der Waals surface area contributed by atoms with E-state index in [0.717, 1.165) is 42.6 Å². The van der Waals surface area contributed by atoms with Gasteiger partial charge in [-0.25, -0.2) is 9.37 Å². The lowest BCUT2D eigenvalue weighted by Crippen LogP contribution is -2.29. The second-order valence-electron chi connectivity index (χ2n) is 6.84. The zero-order valence-electron chi connectivity index (χ0n) is 14.6. The summed E-state index contributed by atoms with van der Waals surface area (Å²) in [4.78, 5) is 6.08. The van der Waals surface area contributed by atoms with E-state index in [1.54, 1.807) is 18.2 Å². The molecule has 1 aromatic heterocycles. The number of halogens is 4. The molecule has 0 N–H and O–H groups in total. The van der Waals surface area contributed by atoms with Gasteiger partial charge in [0.15, 0.2) is 0 Å². The molecule has 0 unspecified atom stereocenters. The lowest BCUT2D eigenvalue weighted by atomic mass is 10.1. The summed E-state index contributed by atoms with van der Waals surface area (Å²) in [6.45, 7) is 1.54. The molecule has 2 heterocycles. The van der Waals surface area contributed by atoms with Gasteiger partial charge in [0.1, 0.15) is 11.3 Å². The van der Waals surface area contributed by atoms with Gasteiger partial charge in [-0.2, -0.15) is 13.2 Å². The Labute approximate surface area is 154 Å². The number of hydrogen-bond acceptors (Lipinski definition) is 2. The number of piperidine rings is 1. The Morgan fingerprint density at radius 3 is 2.41 bits per heavy atom. The van der Waals surface area contributed by atoms with Crippen LogP contribution in [-0.4, -0.2) is 22.6 Å². The summed E-state index contributed by atoms with van der Waals surface area (Å²) < 4.78 is 55.6. The molecule has 0 aliphatic carbocycles. The second-order valence-corrected chi connectivity index (χ2v) is 6.84. The monoisotopic (exact) mass is 377 g/mol. The molecule has 1 saturated heterocycles. The van der Waals surface area contributed by atoms with E-state index >= 15 is 0 Å². The lowest BCUT2D eigenvalue weighted by Gasteiger charge is -2.28. The number of aromatic nitrogens is 2. The molecule has 3 nitrogen and oxygen atoms in total. The number of imidazole rings is 1. The highest BCUT2D eigenvalue weighted by Crippen LogP contribution is 2.36. The SMILES string of the molecule is Fc1cccc(Cn2c(C(F)(F)F)nc3c(N4CCCCC4)cccc32)c1. The van der Waals surface area contributed by atoms with Crippen LogP contribution >= 0.6 is 0 Å². The third-order valence-electron chi connectivity index (χ3n) is 4.94. The van der Waals surface area contributed by atoms with Crippen LogP contribution in [0.15, 0.2) is 42.5 Å². The molecule has 4 rings (SSSR count). The minimum absolute atomic E-state index is 0.0907. The fourth-order valence-corrected chi connectivity index (χ4v) is 3.72. The average Bonchev–Trinajstić information content (AvgIpc) is 3.01. The van der Waals surface area contributed by atoms with Crippen molar-refractivity contribution in [2.45, 2.75) is 32.0 Å². The molecule has 2 aromatic carbocycles. The predicted molar refractivity (Wildman–Crippen MR) is 96.3 cm³/mol. The summed E-state index contributed by atoms with van der Waals surface area (Å²) in [5.74, 6) is -1.43. The Morgan fingerprint density at radius 1 is 0.963 bits per heavy atom. The van der Waals surface area contributed by atoms with Crippen molar-refractivity contribution in [1.82, 2.24) is 9.55 Å². The van der Waals surface area contributed by atoms with E-state index in [1.165, 1.54) is 18.2 Å². The number of alkyl halides is 3. The summed E-state index contributed by atoms with van der Waals surface area (Å²) >= 11 is 0. The molecule has 0 spiro atoms. The molecule has 0 amide bonds. The maximum Gasteiger partial charge on any atom is 0.449 e. The van der Waals surface area contributed by atoms with Crippen LogP contribution < -0.4 is 4.90 Å². The van der Waals surface area contributed by atoms with Crippen molar-refractivity contribution in [3.8, 4) is 0 Å². The molecule has 1 aliphatic heterocycles. The summed E-state index contributed by atoms with van der Waals surface area (Å²) in [7, 11) is 0. The molecule has 1 aliphatic rings. The molecule has 0 bridgehead atoms. The number of rotatable bonds is 3. The van der Waals surface area contributed by atoms with Crippen molar-refractivity contribution < 1.29 is 17.6 Å². The van der Waals surface area contributed by atoms with Gasteiger partial charge in [-0.15, -0.1) is 0 Å². The third-order valence-corrected chi connectivity index (χ3v) is 4.94. The van der Waals surface area contributed by atoms with Gasteiger partial charge in [0.2, 0.25) is 5.82 Å². The number of hydrogen-bond donors (Lipinski definition) is 0. The van der Waals surface area contributed by atoms with Crippen LogP contribution in [0.4, 0.5) is 23.2 Å². The molecule has 142 valence electrons. The molecular formula is C20H19F4N3. The minimum Gasteiger partial charge on any atom is -0.370 e. The molecule has 0 saturated carbocycles. The van der Waals surface area contributed by atoms with Crippen molar-refractivity contribution in [3.63, 3.8) is 0 Å². The molecule has 7 heteroatoms. The second kappa shape index (κ2) is 6.87. The van der Waals surface area contributed by atoms with Crippen LogP contribution in [0.2, 0.25) is 0 Å². The lowest BCUT2D eigenvalue weighted by molar-refractivity contribution is -0.146. The average molecular weight is 377 g/mol. The van der Waals surface area contributed by atoms with Gasteiger partial charge in [-0.1, -0.05) is 18.2 Å². The van der Waals surface area contributed by atoms with Gasteiger partial charge in [0.05, 0.1) is 11.2 Å².